The Kier molecular flexibility index (Phi) is 45.5. The molecule has 0 atom stereocenters. The summed E-state index contributed by atoms with van der Waals surface area (Å²) >= 11 is 0. The van der Waals surface area contributed by atoms with Crippen molar-refractivity contribution in [1.29, 1.82) is 0 Å². The first-order valence-electron chi connectivity index (χ1n) is 46.6. The minimum absolute atomic E-state index is 0.0152. The molecule has 6 N–H and O–H groups in total. The van der Waals surface area contributed by atoms with Crippen molar-refractivity contribution in [3.63, 3.8) is 0 Å². The Hall–Kier alpha value is -9.96. The maximum absolute atomic E-state index is 13.9. The first-order valence-corrected chi connectivity index (χ1v) is 46.6. The van der Waals surface area contributed by atoms with Gasteiger partial charge in [0.15, 0.2) is 0 Å². The van der Waals surface area contributed by atoms with E-state index in [0.29, 0.717) is 91.5 Å². The van der Waals surface area contributed by atoms with Gasteiger partial charge in [-0.25, -0.2) is 19.9 Å². The molecule has 726 valence electrons. The number of aromatic amines is 5. The lowest BCUT2D eigenvalue weighted by Crippen LogP contribution is -2.30. The second kappa shape index (κ2) is 54.3. The number of hydrogen-bond acceptors (Lipinski definition) is 19. The molecule has 0 amide bonds. The van der Waals surface area contributed by atoms with Gasteiger partial charge in [0, 0.05) is 178 Å². The monoisotopic (exact) mass is 1840 g/mol. The van der Waals surface area contributed by atoms with Crippen molar-refractivity contribution in [2.24, 2.45) is 23.7 Å². The molecule has 33 heteroatoms. The molecular weight excluding hydrogens is 1680 g/mol. The average Bonchev–Trinajstić information content (AvgIpc) is 1.76. The maximum Gasteiger partial charge on any atom is 0.419 e. The van der Waals surface area contributed by atoms with Crippen LogP contribution in [0.25, 0.3) is 56.3 Å². The van der Waals surface area contributed by atoms with Gasteiger partial charge in [0.05, 0.1) is 76.1 Å². The molecule has 0 fully saturated rings. The highest BCUT2D eigenvalue weighted by atomic mass is 19.4. The van der Waals surface area contributed by atoms with E-state index >= 15 is 0 Å². The molecule has 0 unspecified atom stereocenters. The summed E-state index contributed by atoms with van der Waals surface area (Å²) in [5, 5.41) is 38.4. The molecule has 24 nitrogen and oxygen atoms in total. The Morgan fingerprint density at radius 3 is 0.977 bits per heavy atom. The van der Waals surface area contributed by atoms with Crippen LogP contribution in [0.2, 0.25) is 0 Å². The number of nitrogens with one attached hydrogen (secondary N) is 6. The summed E-state index contributed by atoms with van der Waals surface area (Å²) in [6.45, 7) is 48.0. The molecule has 0 saturated heterocycles. The predicted molar refractivity (Wildman–Crippen MR) is 518 cm³/mol. The highest BCUT2D eigenvalue weighted by Gasteiger charge is 2.39. The minimum atomic E-state index is -4.49. The van der Waals surface area contributed by atoms with E-state index in [9.17, 15) is 39.5 Å². The topological polar surface area (TPSA) is 236 Å². The van der Waals surface area contributed by atoms with Crippen LogP contribution in [0, 0.1) is 23.7 Å². The Balaban J connectivity index is 0.000000253. The number of benzene rings is 1. The molecular formula is C98H151F9N24. The number of anilines is 5. The van der Waals surface area contributed by atoms with Crippen molar-refractivity contribution in [3.8, 4) is 56.3 Å². The van der Waals surface area contributed by atoms with E-state index < -0.39 is 35.2 Å². The fourth-order valence-corrected chi connectivity index (χ4v) is 14.9. The van der Waals surface area contributed by atoms with Crippen molar-refractivity contribution in [3.05, 3.63) is 155 Å². The fraction of sp³-hybridized carbons (Fsp3) is 0.582. The predicted octanol–water partition coefficient (Wildman–Crippen LogP) is 22.8. The molecule has 0 aliphatic rings. The maximum atomic E-state index is 13.9. The van der Waals surface area contributed by atoms with Gasteiger partial charge in [-0.2, -0.15) is 65.0 Å². The second-order valence-corrected chi connectivity index (χ2v) is 36.3. The molecule has 1 aromatic carbocycles. The van der Waals surface area contributed by atoms with Crippen LogP contribution in [0.1, 0.15) is 220 Å². The quantitative estimate of drug-likeness (QED) is 0.0195. The summed E-state index contributed by atoms with van der Waals surface area (Å²) in [6.07, 6.45) is 12.5. The summed E-state index contributed by atoms with van der Waals surface area (Å²) in [5.74, 6) is 3.30. The van der Waals surface area contributed by atoms with Gasteiger partial charge in [-0.3, -0.25) is 25.5 Å². The molecule has 0 radical (unpaired) electrons. The summed E-state index contributed by atoms with van der Waals surface area (Å²) in [7, 11) is 14.0. The molecule has 0 saturated carbocycles. The molecule has 10 rings (SSSR count). The number of unbranched alkanes of at least 4 members (excludes halogenated alkanes) is 4. The summed E-state index contributed by atoms with van der Waals surface area (Å²) in [6, 6.07) is 15.6. The largest absolute Gasteiger partial charge is 0.419 e. The number of halogens is 9. The number of aromatic nitrogens is 14. The Bertz CT molecular complexity index is 4830. The normalized spacial score (nSPS) is 11.9. The van der Waals surface area contributed by atoms with E-state index in [1.54, 1.807) is 41.5 Å². The molecule has 0 spiro atoms. The van der Waals surface area contributed by atoms with Crippen LogP contribution in [0.3, 0.4) is 0 Å². The van der Waals surface area contributed by atoms with Crippen LogP contribution in [0.4, 0.5) is 68.5 Å². The second-order valence-electron chi connectivity index (χ2n) is 36.3. The van der Waals surface area contributed by atoms with Gasteiger partial charge in [0.2, 0.25) is 0 Å². The number of nitrogens with zero attached hydrogens (tertiary/aromatic N) is 18. The Morgan fingerprint density at radius 1 is 0.328 bits per heavy atom. The smallest absolute Gasteiger partial charge is 0.384 e. The zero-order chi connectivity index (χ0) is 96.9. The molecule has 9 heterocycles. The number of pyridine rings is 4. The van der Waals surface area contributed by atoms with E-state index in [2.05, 4.69) is 220 Å². The minimum Gasteiger partial charge on any atom is -0.384 e. The molecule has 9 aromatic heterocycles. The van der Waals surface area contributed by atoms with Crippen molar-refractivity contribution < 1.29 is 39.5 Å². The van der Waals surface area contributed by atoms with Gasteiger partial charge in [0.1, 0.15) is 23.3 Å². The van der Waals surface area contributed by atoms with Gasteiger partial charge in [-0.05, 0) is 200 Å². The fourth-order valence-electron chi connectivity index (χ4n) is 14.9. The average molecular weight is 1840 g/mol. The number of hydrogen-bond donors (Lipinski definition) is 6. The van der Waals surface area contributed by atoms with Gasteiger partial charge in [-0.15, -0.1) is 0 Å². The third-order valence-electron chi connectivity index (χ3n) is 22.0. The zero-order valence-corrected chi connectivity index (χ0v) is 82.4. The van der Waals surface area contributed by atoms with Gasteiger partial charge in [-0.1, -0.05) is 122 Å². The van der Waals surface area contributed by atoms with Gasteiger partial charge in [0.25, 0.3) is 0 Å². The van der Waals surface area contributed by atoms with E-state index in [1.165, 1.54) is 60.6 Å². The van der Waals surface area contributed by atoms with Crippen molar-refractivity contribution in [2.75, 3.05) is 146 Å². The van der Waals surface area contributed by atoms with Crippen molar-refractivity contribution >= 4 is 29.0 Å². The van der Waals surface area contributed by atoms with Gasteiger partial charge < -0.3 is 49.4 Å². The number of rotatable bonds is 45. The van der Waals surface area contributed by atoms with E-state index in [1.807, 2.05) is 94.4 Å². The molecule has 0 bridgehead atoms. The van der Waals surface area contributed by atoms with Crippen molar-refractivity contribution in [2.45, 2.75) is 233 Å². The highest BCUT2D eigenvalue weighted by molar-refractivity contribution is 5.71. The third-order valence-corrected chi connectivity index (χ3v) is 22.0. The van der Waals surface area contributed by atoms with Crippen molar-refractivity contribution in [1.82, 2.24) is 95.4 Å². The van der Waals surface area contributed by atoms with E-state index in [0.717, 1.165) is 155 Å². The lowest BCUT2D eigenvalue weighted by atomic mass is 10.0. The summed E-state index contributed by atoms with van der Waals surface area (Å²) in [4.78, 5) is 36.5. The van der Waals surface area contributed by atoms with Crippen LogP contribution >= 0.6 is 0 Å². The zero-order valence-electron chi connectivity index (χ0n) is 82.4. The standard InChI is InChI=1S/C21H32F3N5.C20H30F3N5.C20H29F3N4.C20H33N5.C17H27N5/c1-6-8-9-28(5)14-17-12-26-27-19(17)16-10-18(21(22,23)24)20(25-11-16)29(7-2)13-15(3)4;1-6-7-8-27(4)13-16-11-25-26-18(16)15-9-17(20(21,22)23)19(24-10-15)28(5)12-14(2)3;1-5-6-9-27(4)13-16-12-25-26-19(16)15-7-8-18(24-11-14(2)3)17(10-15)20(21,22)23;1-6-8-11-24(5)15-18-13-22-23-20(18)17-9-10-19(21-12-17)25(7-2)14-16(3)4;1-6-9-21(4)12-15-11-19-20-17(15)14-7-8-16(18-10-14)22(5)13(2)3/h10-12,15H,6-9,13-14H2,1-5H3,(H,26,27);9-11,14H,6-8,12-13H2,1-5H3,(H,25,26);7-8,10,12,14,24H,5-6,9,11,13H2,1-4H3,(H,25,26);9-10,12-13,16H,6-8,11,14-15H2,1-5H3,(H,22,23);7-8,10-11,13H,6,9,12H2,1-5H3,(H,19,20). The molecule has 0 aliphatic carbocycles. The van der Waals surface area contributed by atoms with Crippen LogP contribution in [-0.4, -0.2) is 223 Å². The molecule has 131 heavy (non-hydrogen) atoms. The SMILES string of the molecule is CCCCN(C)Cc1cn[nH]c1-c1ccc(N(CC)CC(C)C)nc1.CCCCN(C)Cc1cn[nH]c1-c1ccc(NCC(C)C)c(C(F)(F)F)c1.CCCCN(C)Cc1cn[nH]c1-c1cnc(N(C)CC(C)C)c(C(F)(F)F)c1.CCCCN(C)Cc1cn[nH]c1-c1cnc(N(CC)CC(C)C)c(C(F)(F)F)c1.CCCN(C)Cc1cn[nH]c1-c1ccc(N(C)C(C)C)nc1. The molecule has 0 aliphatic heterocycles. The van der Waals surface area contributed by atoms with E-state index in [4.69, 9.17) is 4.98 Å². The summed E-state index contributed by atoms with van der Waals surface area (Å²) < 4.78 is 123. The Morgan fingerprint density at radius 2 is 0.649 bits per heavy atom. The first kappa shape index (κ1) is 110. The third kappa shape index (κ3) is 35.5. The Labute approximate surface area is 774 Å². The lowest BCUT2D eigenvalue weighted by Gasteiger charge is -2.27. The summed E-state index contributed by atoms with van der Waals surface area (Å²) in [5.41, 5.74) is 10.5. The first-order chi connectivity index (χ1) is 62.1. The van der Waals surface area contributed by atoms with Crippen LogP contribution in [0.5, 0.6) is 0 Å². The van der Waals surface area contributed by atoms with Crippen LogP contribution in [0.15, 0.2) is 110 Å². The van der Waals surface area contributed by atoms with Crippen LogP contribution < -0.4 is 24.9 Å². The lowest BCUT2D eigenvalue weighted by molar-refractivity contribution is -0.138. The van der Waals surface area contributed by atoms with E-state index in [-0.39, 0.29) is 35.1 Å². The van der Waals surface area contributed by atoms with Gasteiger partial charge >= 0.3 is 18.5 Å². The van der Waals surface area contributed by atoms with Crippen LogP contribution in [-0.2, 0) is 51.3 Å². The highest BCUT2D eigenvalue weighted by Crippen LogP contribution is 2.42. The molecule has 10 aromatic rings. The number of H-pyrrole nitrogens is 5. The number of alkyl halides is 9.